The van der Waals surface area contributed by atoms with E-state index in [4.69, 9.17) is 0 Å². The quantitative estimate of drug-likeness (QED) is 0.805. The normalized spacial score (nSPS) is 25.9. The summed E-state index contributed by atoms with van der Waals surface area (Å²) in [7, 11) is 0. The Morgan fingerprint density at radius 3 is 2.78 bits per heavy atom. The zero-order valence-electron chi connectivity index (χ0n) is 11.2. The van der Waals surface area contributed by atoms with E-state index in [9.17, 15) is 0 Å². The third kappa shape index (κ3) is 2.93. The van der Waals surface area contributed by atoms with Gasteiger partial charge in [-0.1, -0.05) is 36.8 Å². The SMILES string of the molecule is c1ccc(CCN2CCN3CCCCC3C2)cc1. The second-order valence-electron chi connectivity index (χ2n) is 5.72. The maximum Gasteiger partial charge on any atom is 0.0223 e. The van der Waals surface area contributed by atoms with Crippen LogP contribution < -0.4 is 0 Å². The molecule has 2 aliphatic rings. The van der Waals surface area contributed by atoms with Gasteiger partial charge in [0.2, 0.25) is 0 Å². The molecule has 1 aromatic rings. The van der Waals surface area contributed by atoms with E-state index in [1.165, 1.54) is 64.0 Å². The van der Waals surface area contributed by atoms with Crippen molar-refractivity contribution < 1.29 is 0 Å². The molecule has 0 radical (unpaired) electrons. The Morgan fingerprint density at radius 2 is 1.89 bits per heavy atom. The lowest BCUT2D eigenvalue weighted by Gasteiger charge is -2.44. The molecule has 1 aromatic carbocycles. The van der Waals surface area contributed by atoms with Crippen molar-refractivity contribution in [3.05, 3.63) is 35.9 Å². The Kier molecular flexibility index (Phi) is 3.96. The van der Waals surface area contributed by atoms with Gasteiger partial charge in [-0.2, -0.15) is 0 Å². The van der Waals surface area contributed by atoms with Crippen LogP contribution in [0.25, 0.3) is 0 Å². The maximum atomic E-state index is 2.71. The number of hydrogen-bond acceptors (Lipinski definition) is 2. The molecule has 0 aromatic heterocycles. The van der Waals surface area contributed by atoms with Gasteiger partial charge in [-0.3, -0.25) is 4.90 Å². The van der Waals surface area contributed by atoms with E-state index in [2.05, 4.69) is 40.1 Å². The first-order valence-corrected chi connectivity index (χ1v) is 7.42. The molecule has 2 heteroatoms. The first-order valence-electron chi connectivity index (χ1n) is 7.42. The molecule has 2 fully saturated rings. The second-order valence-corrected chi connectivity index (χ2v) is 5.72. The van der Waals surface area contributed by atoms with Crippen LogP contribution in [-0.4, -0.2) is 48.6 Å². The smallest absolute Gasteiger partial charge is 0.0223 e. The number of fused-ring (bicyclic) bond motifs is 1. The van der Waals surface area contributed by atoms with Crippen LogP contribution in [0, 0.1) is 0 Å². The summed E-state index contributed by atoms with van der Waals surface area (Å²) in [6, 6.07) is 11.7. The molecule has 1 unspecified atom stereocenters. The Hall–Kier alpha value is -0.860. The molecule has 0 N–H and O–H groups in total. The van der Waals surface area contributed by atoms with Gasteiger partial charge in [0.15, 0.2) is 0 Å². The van der Waals surface area contributed by atoms with Gasteiger partial charge in [0, 0.05) is 32.2 Å². The average Bonchev–Trinajstić information content (AvgIpc) is 2.46. The van der Waals surface area contributed by atoms with E-state index >= 15 is 0 Å². The molecular weight excluding hydrogens is 220 g/mol. The predicted molar refractivity (Wildman–Crippen MR) is 75.8 cm³/mol. The van der Waals surface area contributed by atoms with Crippen molar-refractivity contribution in [1.82, 2.24) is 9.80 Å². The second kappa shape index (κ2) is 5.85. The third-order valence-electron chi connectivity index (χ3n) is 4.48. The third-order valence-corrected chi connectivity index (χ3v) is 4.48. The molecule has 0 amide bonds. The minimum Gasteiger partial charge on any atom is -0.300 e. The van der Waals surface area contributed by atoms with E-state index < -0.39 is 0 Å². The number of piperazine rings is 1. The minimum atomic E-state index is 0.850. The summed E-state index contributed by atoms with van der Waals surface area (Å²) < 4.78 is 0. The lowest BCUT2D eigenvalue weighted by atomic mass is 9.99. The van der Waals surface area contributed by atoms with Crippen molar-refractivity contribution in [3.63, 3.8) is 0 Å². The first kappa shape index (κ1) is 12.2. The largest absolute Gasteiger partial charge is 0.300 e. The first-order chi connectivity index (χ1) is 8.92. The summed E-state index contributed by atoms with van der Waals surface area (Å²) in [5.74, 6) is 0. The molecule has 98 valence electrons. The topological polar surface area (TPSA) is 6.48 Å². The highest BCUT2D eigenvalue weighted by atomic mass is 15.3. The van der Waals surface area contributed by atoms with Crippen molar-refractivity contribution in [2.45, 2.75) is 31.7 Å². The molecule has 1 atom stereocenters. The molecule has 0 bridgehead atoms. The fraction of sp³-hybridized carbons (Fsp3) is 0.625. The van der Waals surface area contributed by atoms with Crippen LogP contribution in [0.1, 0.15) is 24.8 Å². The van der Waals surface area contributed by atoms with Gasteiger partial charge >= 0.3 is 0 Å². The molecule has 18 heavy (non-hydrogen) atoms. The van der Waals surface area contributed by atoms with Gasteiger partial charge in [0.1, 0.15) is 0 Å². The molecular formula is C16H24N2. The van der Waals surface area contributed by atoms with Gasteiger partial charge < -0.3 is 4.90 Å². The van der Waals surface area contributed by atoms with Crippen LogP contribution in [0.15, 0.2) is 30.3 Å². The molecule has 0 spiro atoms. The number of nitrogens with zero attached hydrogens (tertiary/aromatic N) is 2. The van der Waals surface area contributed by atoms with Crippen LogP contribution in [-0.2, 0) is 6.42 Å². The molecule has 2 saturated heterocycles. The van der Waals surface area contributed by atoms with Crippen molar-refractivity contribution in [1.29, 1.82) is 0 Å². The lowest BCUT2D eigenvalue weighted by molar-refractivity contribution is 0.0500. The summed E-state index contributed by atoms with van der Waals surface area (Å²) >= 11 is 0. The van der Waals surface area contributed by atoms with Gasteiger partial charge in [0.05, 0.1) is 0 Å². The number of piperidine rings is 1. The van der Waals surface area contributed by atoms with Crippen LogP contribution >= 0.6 is 0 Å². The fourth-order valence-corrected chi connectivity index (χ4v) is 3.36. The number of rotatable bonds is 3. The summed E-state index contributed by atoms with van der Waals surface area (Å²) in [6.45, 7) is 6.43. The highest BCUT2D eigenvalue weighted by Gasteiger charge is 2.28. The lowest BCUT2D eigenvalue weighted by Crippen LogP contribution is -2.55. The van der Waals surface area contributed by atoms with E-state index in [0.29, 0.717) is 0 Å². The maximum absolute atomic E-state index is 2.71. The monoisotopic (exact) mass is 244 g/mol. The van der Waals surface area contributed by atoms with Gasteiger partial charge in [-0.05, 0) is 31.4 Å². The molecule has 2 aliphatic heterocycles. The molecule has 3 rings (SSSR count). The summed E-state index contributed by atoms with van der Waals surface area (Å²) in [4.78, 5) is 5.38. The van der Waals surface area contributed by atoms with Crippen molar-refractivity contribution in [2.24, 2.45) is 0 Å². The number of hydrogen-bond donors (Lipinski definition) is 0. The van der Waals surface area contributed by atoms with Crippen LogP contribution in [0.5, 0.6) is 0 Å². The molecule has 2 heterocycles. The predicted octanol–water partition coefficient (Wildman–Crippen LogP) is 2.40. The Labute approximate surface area is 111 Å². The van der Waals surface area contributed by atoms with Gasteiger partial charge in [-0.25, -0.2) is 0 Å². The Morgan fingerprint density at radius 1 is 1.00 bits per heavy atom. The van der Waals surface area contributed by atoms with E-state index in [1.807, 2.05) is 0 Å². The summed E-state index contributed by atoms with van der Waals surface area (Å²) in [5, 5.41) is 0. The van der Waals surface area contributed by atoms with Gasteiger partial charge in [-0.15, -0.1) is 0 Å². The highest BCUT2D eigenvalue weighted by Crippen LogP contribution is 2.21. The van der Waals surface area contributed by atoms with Crippen LogP contribution in [0.4, 0.5) is 0 Å². The molecule has 2 nitrogen and oxygen atoms in total. The molecule has 0 saturated carbocycles. The van der Waals surface area contributed by atoms with Crippen molar-refractivity contribution in [3.8, 4) is 0 Å². The van der Waals surface area contributed by atoms with Crippen LogP contribution in [0.3, 0.4) is 0 Å². The Bertz CT molecular complexity index is 363. The standard InChI is InChI=1S/C16H24N2/c1-2-6-15(7-3-1)9-11-17-12-13-18-10-5-4-8-16(18)14-17/h1-3,6-7,16H,4-5,8-14H2. The van der Waals surface area contributed by atoms with Crippen molar-refractivity contribution in [2.75, 3.05) is 32.7 Å². The van der Waals surface area contributed by atoms with E-state index in [0.717, 1.165) is 6.04 Å². The number of benzene rings is 1. The van der Waals surface area contributed by atoms with Crippen molar-refractivity contribution >= 4 is 0 Å². The van der Waals surface area contributed by atoms with Crippen LogP contribution in [0.2, 0.25) is 0 Å². The fourth-order valence-electron chi connectivity index (χ4n) is 3.36. The summed E-state index contributed by atoms with van der Waals surface area (Å²) in [5.41, 5.74) is 1.48. The summed E-state index contributed by atoms with van der Waals surface area (Å²) in [6.07, 6.45) is 5.48. The van der Waals surface area contributed by atoms with E-state index in [1.54, 1.807) is 0 Å². The zero-order valence-corrected chi connectivity index (χ0v) is 11.2. The average molecular weight is 244 g/mol. The van der Waals surface area contributed by atoms with Gasteiger partial charge in [0.25, 0.3) is 0 Å². The zero-order chi connectivity index (χ0) is 12.2. The Balaban J connectivity index is 1.49. The van der Waals surface area contributed by atoms with E-state index in [-0.39, 0.29) is 0 Å². The highest BCUT2D eigenvalue weighted by molar-refractivity contribution is 5.14. The minimum absolute atomic E-state index is 0.850. The molecule has 0 aliphatic carbocycles.